The molecule has 1 N–H and O–H groups in total. The number of halogens is 1. The molecule has 4 aromatic rings. The Labute approximate surface area is 169 Å². The predicted octanol–water partition coefficient (Wildman–Crippen LogP) is 4.23. The molecule has 2 heterocycles. The zero-order valence-corrected chi connectivity index (χ0v) is 15.4. The molecule has 30 heavy (non-hydrogen) atoms. The van der Waals surface area contributed by atoms with Gasteiger partial charge in [0.2, 0.25) is 0 Å². The third-order valence-corrected chi connectivity index (χ3v) is 4.31. The van der Waals surface area contributed by atoms with E-state index in [1.165, 1.54) is 53.3 Å². The molecular formula is C21H14FN5O3. The summed E-state index contributed by atoms with van der Waals surface area (Å²) < 4.78 is 14.7. The maximum atomic E-state index is 13.4. The fourth-order valence-electron chi connectivity index (χ4n) is 2.93. The first-order valence-corrected chi connectivity index (χ1v) is 8.84. The van der Waals surface area contributed by atoms with E-state index in [4.69, 9.17) is 0 Å². The number of carbonyl (C=O) groups excluding carboxylic acids is 1. The lowest BCUT2D eigenvalue weighted by atomic mass is 10.1. The number of nitro benzene ring substituents is 1. The zero-order chi connectivity index (χ0) is 21.1. The van der Waals surface area contributed by atoms with Gasteiger partial charge in [-0.25, -0.2) is 9.07 Å². The molecule has 2 aromatic heterocycles. The lowest BCUT2D eigenvalue weighted by Crippen LogP contribution is -2.13. The SMILES string of the molecule is O=C(Nc1cccnc1)c1cc(-c2ccc(F)cc2)n(-c2ccccc2[N+](=O)[O-])n1. The van der Waals surface area contributed by atoms with Gasteiger partial charge in [0.05, 0.1) is 22.5 Å². The maximum absolute atomic E-state index is 13.4. The number of anilines is 1. The van der Waals surface area contributed by atoms with Crippen LogP contribution in [0.5, 0.6) is 0 Å². The molecule has 8 nitrogen and oxygen atoms in total. The molecule has 0 unspecified atom stereocenters. The van der Waals surface area contributed by atoms with Crippen molar-refractivity contribution in [2.45, 2.75) is 0 Å². The van der Waals surface area contributed by atoms with Gasteiger partial charge in [-0.3, -0.25) is 19.9 Å². The number of rotatable bonds is 5. The van der Waals surface area contributed by atoms with Gasteiger partial charge in [0, 0.05) is 17.8 Å². The molecule has 9 heteroatoms. The van der Waals surface area contributed by atoms with E-state index in [2.05, 4.69) is 15.4 Å². The summed E-state index contributed by atoms with van der Waals surface area (Å²) in [4.78, 5) is 27.6. The summed E-state index contributed by atoms with van der Waals surface area (Å²) >= 11 is 0. The Hall–Kier alpha value is -4.40. The number of benzene rings is 2. The molecule has 0 saturated carbocycles. The van der Waals surface area contributed by atoms with Gasteiger partial charge < -0.3 is 5.32 Å². The summed E-state index contributed by atoms with van der Waals surface area (Å²) in [5, 5.41) is 18.5. The third kappa shape index (κ3) is 3.76. The quantitative estimate of drug-likeness (QED) is 0.397. The van der Waals surface area contributed by atoms with Crippen LogP contribution in [-0.4, -0.2) is 25.6 Å². The van der Waals surface area contributed by atoms with Crippen LogP contribution in [0.4, 0.5) is 15.8 Å². The molecule has 0 saturated heterocycles. The average Bonchev–Trinajstić information content (AvgIpc) is 3.20. The van der Waals surface area contributed by atoms with Crippen molar-refractivity contribution >= 4 is 17.3 Å². The van der Waals surface area contributed by atoms with Crippen molar-refractivity contribution in [3.8, 4) is 16.9 Å². The molecule has 0 aliphatic heterocycles. The van der Waals surface area contributed by atoms with Crippen molar-refractivity contribution in [1.82, 2.24) is 14.8 Å². The molecular weight excluding hydrogens is 389 g/mol. The number of nitro groups is 1. The fraction of sp³-hybridized carbons (Fsp3) is 0. The molecule has 0 aliphatic carbocycles. The van der Waals surface area contributed by atoms with E-state index in [1.807, 2.05) is 0 Å². The van der Waals surface area contributed by atoms with Gasteiger partial charge in [-0.1, -0.05) is 12.1 Å². The van der Waals surface area contributed by atoms with Crippen LogP contribution in [0.3, 0.4) is 0 Å². The number of carbonyl (C=O) groups is 1. The number of nitrogens with one attached hydrogen (secondary N) is 1. The van der Waals surface area contributed by atoms with Crippen molar-refractivity contribution in [3.63, 3.8) is 0 Å². The second-order valence-electron chi connectivity index (χ2n) is 6.28. The second-order valence-corrected chi connectivity index (χ2v) is 6.28. The first-order valence-electron chi connectivity index (χ1n) is 8.84. The first-order chi connectivity index (χ1) is 14.5. The Bertz CT molecular complexity index is 1220. The highest BCUT2D eigenvalue weighted by Crippen LogP contribution is 2.29. The van der Waals surface area contributed by atoms with E-state index in [1.54, 1.807) is 30.5 Å². The molecule has 4 rings (SSSR count). The van der Waals surface area contributed by atoms with Gasteiger partial charge in [0.15, 0.2) is 5.69 Å². The Kier molecular flexibility index (Phi) is 5.00. The Morgan fingerprint density at radius 1 is 1.07 bits per heavy atom. The Morgan fingerprint density at radius 2 is 1.83 bits per heavy atom. The summed E-state index contributed by atoms with van der Waals surface area (Å²) in [5.74, 6) is -0.936. The molecule has 148 valence electrons. The molecule has 0 radical (unpaired) electrons. The summed E-state index contributed by atoms with van der Waals surface area (Å²) in [5.41, 5.74) is 1.47. The largest absolute Gasteiger partial charge is 0.319 e. The number of hydrogen-bond donors (Lipinski definition) is 1. The monoisotopic (exact) mass is 403 g/mol. The average molecular weight is 403 g/mol. The molecule has 0 fully saturated rings. The highest BCUT2D eigenvalue weighted by atomic mass is 19.1. The van der Waals surface area contributed by atoms with Crippen LogP contribution in [0.15, 0.2) is 79.1 Å². The van der Waals surface area contributed by atoms with Crippen molar-refractivity contribution < 1.29 is 14.1 Å². The van der Waals surface area contributed by atoms with Crippen LogP contribution in [0.2, 0.25) is 0 Å². The lowest BCUT2D eigenvalue weighted by Gasteiger charge is -2.08. The highest BCUT2D eigenvalue weighted by Gasteiger charge is 2.22. The highest BCUT2D eigenvalue weighted by molar-refractivity contribution is 6.03. The molecule has 1 amide bonds. The minimum absolute atomic E-state index is 0.0383. The topological polar surface area (TPSA) is 103 Å². The summed E-state index contributed by atoms with van der Waals surface area (Å²) in [7, 11) is 0. The smallest absolute Gasteiger partial charge is 0.294 e. The minimum atomic E-state index is -0.527. The molecule has 0 bridgehead atoms. The van der Waals surface area contributed by atoms with Crippen LogP contribution < -0.4 is 5.32 Å². The Morgan fingerprint density at radius 3 is 2.53 bits per heavy atom. The van der Waals surface area contributed by atoms with E-state index in [0.717, 1.165) is 0 Å². The van der Waals surface area contributed by atoms with Crippen molar-refractivity contribution in [2.24, 2.45) is 0 Å². The van der Waals surface area contributed by atoms with Gasteiger partial charge in [0.1, 0.15) is 11.5 Å². The number of pyridine rings is 1. The molecule has 0 spiro atoms. The number of para-hydroxylation sites is 2. The van der Waals surface area contributed by atoms with Crippen LogP contribution in [0.25, 0.3) is 16.9 Å². The van der Waals surface area contributed by atoms with Crippen molar-refractivity contribution in [3.05, 3.63) is 101 Å². The third-order valence-electron chi connectivity index (χ3n) is 4.31. The summed E-state index contributed by atoms with van der Waals surface area (Å²) in [6.45, 7) is 0. The van der Waals surface area contributed by atoms with E-state index < -0.39 is 16.6 Å². The van der Waals surface area contributed by atoms with E-state index in [-0.39, 0.29) is 17.1 Å². The number of hydrogen-bond acceptors (Lipinski definition) is 5. The predicted molar refractivity (Wildman–Crippen MR) is 108 cm³/mol. The minimum Gasteiger partial charge on any atom is -0.319 e. The van der Waals surface area contributed by atoms with Crippen molar-refractivity contribution in [1.29, 1.82) is 0 Å². The van der Waals surface area contributed by atoms with E-state index >= 15 is 0 Å². The molecule has 2 aromatic carbocycles. The number of amides is 1. The van der Waals surface area contributed by atoms with Crippen LogP contribution in [-0.2, 0) is 0 Å². The Balaban J connectivity index is 1.83. The van der Waals surface area contributed by atoms with Gasteiger partial charge in [-0.2, -0.15) is 5.10 Å². The second kappa shape index (κ2) is 7.92. The standard InChI is InChI=1S/C21H14FN5O3/c22-15-9-7-14(8-10-15)20-12-17(21(28)24-16-4-3-11-23-13-16)25-26(20)18-5-1-2-6-19(18)27(29)30/h1-13H,(H,24,28). The molecule has 0 atom stereocenters. The van der Waals surface area contributed by atoms with E-state index in [0.29, 0.717) is 16.9 Å². The van der Waals surface area contributed by atoms with Crippen LogP contribution >= 0.6 is 0 Å². The maximum Gasteiger partial charge on any atom is 0.294 e. The van der Waals surface area contributed by atoms with Gasteiger partial charge in [-0.15, -0.1) is 0 Å². The lowest BCUT2D eigenvalue weighted by molar-refractivity contribution is -0.384. The van der Waals surface area contributed by atoms with Gasteiger partial charge in [0.25, 0.3) is 11.6 Å². The van der Waals surface area contributed by atoms with Crippen LogP contribution in [0.1, 0.15) is 10.5 Å². The van der Waals surface area contributed by atoms with Crippen molar-refractivity contribution in [2.75, 3.05) is 5.32 Å². The van der Waals surface area contributed by atoms with E-state index in [9.17, 15) is 19.3 Å². The zero-order valence-electron chi connectivity index (χ0n) is 15.4. The van der Waals surface area contributed by atoms with Crippen LogP contribution in [0, 0.1) is 15.9 Å². The normalized spacial score (nSPS) is 10.6. The molecule has 0 aliphatic rings. The number of aromatic nitrogens is 3. The van der Waals surface area contributed by atoms with Gasteiger partial charge in [-0.05, 0) is 48.5 Å². The summed E-state index contributed by atoms with van der Waals surface area (Å²) in [6.07, 6.45) is 3.06. The summed E-state index contributed by atoms with van der Waals surface area (Å²) in [6, 6.07) is 16.4. The first kappa shape index (κ1) is 18.9. The fourth-order valence-corrected chi connectivity index (χ4v) is 2.93. The van der Waals surface area contributed by atoms with Gasteiger partial charge >= 0.3 is 0 Å². The number of nitrogens with zero attached hydrogens (tertiary/aromatic N) is 4.